The summed E-state index contributed by atoms with van der Waals surface area (Å²) < 4.78 is 5.94. The molecule has 0 saturated carbocycles. The molecule has 2 aliphatic heterocycles. The van der Waals surface area contributed by atoms with Crippen molar-refractivity contribution >= 4 is 6.09 Å². The number of carbonyl (C=O) groups is 1. The van der Waals surface area contributed by atoms with Gasteiger partial charge in [-0.15, -0.1) is 6.42 Å². The molecular weight excluding hydrogens is 358 g/mol. The van der Waals surface area contributed by atoms with Gasteiger partial charge in [0.05, 0.1) is 0 Å². The number of nitrogens with zero attached hydrogens (tertiary/aromatic N) is 1. The molecule has 146 valence electrons. The van der Waals surface area contributed by atoms with Crippen LogP contribution < -0.4 is 0 Å². The highest BCUT2D eigenvalue weighted by molar-refractivity contribution is 5.79. The maximum absolute atomic E-state index is 13.1. The fraction of sp³-hybridized carbons (Fsp3) is 0.346. The van der Waals surface area contributed by atoms with Crippen molar-refractivity contribution in [3.8, 4) is 23.5 Å². The summed E-state index contributed by atoms with van der Waals surface area (Å²) in [4.78, 5) is 15.1. The largest absolute Gasteiger partial charge is 0.448 e. The van der Waals surface area contributed by atoms with Crippen LogP contribution in [-0.2, 0) is 4.74 Å². The fourth-order valence-electron chi connectivity index (χ4n) is 5.46. The molecule has 3 heteroatoms. The summed E-state index contributed by atoms with van der Waals surface area (Å²) in [6.45, 7) is 0.385. The van der Waals surface area contributed by atoms with Gasteiger partial charge >= 0.3 is 6.09 Å². The molecule has 3 nitrogen and oxygen atoms in total. The minimum atomic E-state index is -0.165. The third-order valence-electron chi connectivity index (χ3n) is 6.69. The highest BCUT2D eigenvalue weighted by Crippen LogP contribution is 2.45. The van der Waals surface area contributed by atoms with Gasteiger partial charge in [-0.05, 0) is 60.4 Å². The Bertz CT molecular complexity index is 954. The zero-order valence-corrected chi connectivity index (χ0v) is 16.5. The number of rotatable bonds is 2. The zero-order chi connectivity index (χ0) is 19.8. The highest BCUT2D eigenvalue weighted by Gasteiger charge is 2.40. The van der Waals surface area contributed by atoms with Crippen molar-refractivity contribution < 1.29 is 9.53 Å². The van der Waals surface area contributed by atoms with Crippen LogP contribution in [0.2, 0.25) is 0 Å². The van der Waals surface area contributed by atoms with Gasteiger partial charge in [0.2, 0.25) is 0 Å². The molecule has 2 unspecified atom stereocenters. The van der Waals surface area contributed by atoms with E-state index in [1.54, 1.807) is 0 Å². The van der Waals surface area contributed by atoms with E-state index in [2.05, 4.69) is 54.5 Å². The normalized spacial score (nSPS) is 22.4. The van der Waals surface area contributed by atoms with Crippen LogP contribution in [0.4, 0.5) is 4.79 Å². The molecule has 0 radical (unpaired) electrons. The van der Waals surface area contributed by atoms with Gasteiger partial charge in [-0.3, -0.25) is 0 Å². The molecule has 0 aromatic heterocycles. The van der Waals surface area contributed by atoms with Crippen molar-refractivity contribution in [2.24, 2.45) is 0 Å². The summed E-state index contributed by atoms with van der Waals surface area (Å²) in [6, 6.07) is 17.3. The predicted octanol–water partition coefficient (Wildman–Crippen LogP) is 5.51. The maximum Gasteiger partial charge on any atom is 0.410 e. The summed E-state index contributed by atoms with van der Waals surface area (Å²) in [5.41, 5.74) is 6.30. The molecule has 29 heavy (non-hydrogen) atoms. The van der Waals surface area contributed by atoms with Crippen LogP contribution in [0.1, 0.15) is 49.1 Å². The Labute approximate surface area is 172 Å². The van der Waals surface area contributed by atoms with E-state index in [-0.39, 0.29) is 24.1 Å². The van der Waals surface area contributed by atoms with E-state index in [1.165, 1.54) is 34.2 Å². The first kappa shape index (κ1) is 18.1. The minimum absolute atomic E-state index is 0.105. The number of terminal acetylenes is 1. The first-order chi connectivity index (χ1) is 14.3. The highest BCUT2D eigenvalue weighted by atomic mass is 16.6. The molecule has 2 fully saturated rings. The number of allylic oxidation sites excluding steroid dienone is 1. The van der Waals surface area contributed by atoms with Gasteiger partial charge in [0, 0.05) is 18.0 Å². The second-order valence-electron chi connectivity index (χ2n) is 8.33. The Morgan fingerprint density at radius 3 is 2.21 bits per heavy atom. The Morgan fingerprint density at radius 1 is 1.03 bits per heavy atom. The first-order valence-electron chi connectivity index (χ1n) is 10.5. The van der Waals surface area contributed by atoms with E-state index in [0.29, 0.717) is 6.61 Å². The molecule has 0 spiro atoms. The van der Waals surface area contributed by atoms with Crippen molar-refractivity contribution in [1.82, 2.24) is 4.90 Å². The fourth-order valence-corrected chi connectivity index (χ4v) is 5.46. The smallest absolute Gasteiger partial charge is 0.410 e. The van der Waals surface area contributed by atoms with Gasteiger partial charge in [0.15, 0.2) is 0 Å². The van der Waals surface area contributed by atoms with Crippen LogP contribution in [0.5, 0.6) is 0 Å². The maximum atomic E-state index is 13.1. The van der Waals surface area contributed by atoms with Gasteiger partial charge in [0.1, 0.15) is 6.61 Å². The Balaban J connectivity index is 1.34. The molecule has 2 heterocycles. The van der Waals surface area contributed by atoms with Crippen LogP contribution in [0.25, 0.3) is 11.1 Å². The zero-order valence-electron chi connectivity index (χ0n) is 16.5. The summed E-state index contributed by atoms with van der Waals surface area (Å²) in [5.74, 6) is 2.76. The summed E-state index contributed by atoms with van der Waals surface area (Å²) in [5, 5.41) is 0. The molecule has 2 bridgehead atoms. The van der Waals surface area contributed by atoms with Crippen LogP contribution in [0.15, 0.2) is 60.2 Å². The summed E-state index contributed by atoms with van der Waals surface area (Å²) in [6.07, 6.45) is 12.2. The number of fused-ring (bicyclic) bond motifs is 5. The van der Waals surface area contributed by atoms with E-state index < -0.39 is 0 Å². The number of benzene rings is 2. The van der Waals surface area contributed by atoms with E-state index in [4.69, 9.17) is 11.2 Å². The average Bonchev–Trinajstić information content (AvgIpc) is 3.05. The molecule has 1 aliphatic carbocycles. The van der Waals surface area contributed by atoms with Crippen molar-refractivity contribution in [1.29, 1.82) is 0 Å². The van der Waals surface area contributed by atoms with Crippen LogP contribution in [-0.4, -0.2) is 29.7 Å². The third-order valence-corrected chi connectivity index (χ3v) is 6.69. The number of ether oxygens (including phenoxy) is 1. The van der Waals surface area contributed by atoms with Crippen molar-refractivity contribution in [2.75, 3.05) is 6.61 Å². The second-order valence-corrected chi connectivity index (χ2v) is 8.33. The Hall–Kier alpha value is -2.99. The number of piperidine rings is 2. The Morgan fingerprint density at radius 2 is 1.62 bits per heavy atom. The van der Waals surface area contributed by atoms with E-state index in [9.17, 15) is 4.79 Å². The lowest BCUT2D eigenvalue weighted by molar-refractivity contribution is 0.0338. The summed E-state index contributed by atoms with van der Waals surface area (Å²) in [7, 11) is 0. The van der Waals surface area contributed by atoms with Gasteiger partial charge in [0.25, 0.3) is 0 Å². The lowest BCUT2D eigenvalue weighted by Gasteiger charge is -2.46. The molecule has 3 aliphatic rings. The van der Waals surface area contributed by atoms with Gasteiger partial charge in [-0.25, -0.2) is 4.79 Å². The molecule has 2 saturated heterocycles. The quantitative estimate of drug-likeness (QED) is 0.640. The van der Waals surface area contributed by atoms with Crippen LogP contribution in [0.3, 0.4) is 0 Å². The second kappa shape index (κ2) is 7.44. The topological polar surface area (TPSA) is 29.5 Å². The van der Waals surface area contributed by atoms with Crippen LogP contribution in [0, 0.1) is 12.3 Å². The van der Waals surface area contributed by atoms with E-state index in [0.717, 1.165) is 25.7 Å². The molecule has 2 aromatic carbocycles. The SMILES string of the molecule is C#CC=C1CC2CCCC(C1)N2C(=O)OCC1c2ccccc2-c2ccccc21. The van der Waals surface area contributed by atoms with Gasteiger partial charge < -0.3 is 9.64 Å². The van der Waals surface area contributed by atoms with E-state index in [1.807, 2.05) is 11.0 Å². The lowest BCUT2D eigenvalue weighted by atomic mass is 9.82. The average molecular weight is 383 g/mol. The van der Waals surface area contributed by atoms with Crippen molar-refractivity contribution in [3.05, 3.63) is 71.3 Å². The molecule has 0 N–H and O–H groups in total. The van der Waals surface area contributed by atoms with Gasteiger partial charge in [-0.1, -0.05) is 60.0 Å². The van der Waals surface area contributed by atoms with Crippen molar-refractivity contribution in [2.45, 2.75) is 50.1 Å². The predicted molar refractivity (Wildman–Crippen MR) is 114 cm³/mol. The number of amides is 1. The van der Waals surface area contributed by atoms with Crippen LogP contribution >= 0.6 is 0 Å². The van der Waals surface area contributed by atoms with E-state index >= 15 is 0 Å². The molecule has 2 aromatic rings. The Kier molecular flexibility index (Phi) is 4.64. The first-order valence-corrected chi connectivity index (χ1v) is 10.5. The molecule has 2 atom stereocenters. The lowest BCUT2D eigenvalue weighted by Crippen LogP contribution is -2.53. The summed E-state index contributed by atoms with van der Waals surface area (Å²) >= 11 is 0. The molecule has 5 rings (SSSR count). The number of hydrogen-bond donors (Lipinski definition) is 0. The molecular formula is C26H25NO2. The number of carbonyl (C=O) groups excluding carboxylic acids is 1. The van der Waals surface area contributed by atoms with Crippen molar-refractivity contribution in [3.63, 3.8) is 0 Å². The van der Waals surface area contributed by atoms with Gasteiger partial charge in [-0.2, -0.15) is 0 Å². The molecule has 1 amide bonds. The standard InChI is InChI=1S/C26H25NO2/c1-2-8-18-15-19-9-7-10-20(16-18)27(19)26(28)29-17-25-23-13-5-3-11-21(23)22-12-4-6-14-24(22)25/h1,3-6,8,11-14,19-20,25H,7,9-10,15-17H2. The third kappa shape index (κ3) is 3.13. The monoisotopic (exact) mass is 383 g/mol. The number of hydrogen-bond acceptors (Lipinski definition) is 2. The minimum Gasteiger partial charge on any atom is -0.448 e.